The van der Waals surface area contributed by atoms with Gasteiger partial charge in [-0.15, -0.1) is 0 Å². The number of nitrogens with zero attached hydrogens (tertiary/aromatic N) is 1. The molecule has 4 nitrogen and oxygen atoms in total. The van der Waals surface area contributed by atoms with Crippen LogP contribution in [0, 0.1) is 0 Å². The van der Waals surface area contributed by atoms with Crippen molar-refractivity contribution >= 4 is 17.4 Å². The summed E-state index contributed by atoms with van der Waals surface area (Å²) in [7, 11) is 0. The van der Waals surface area contributed by atoms with E-state index < -0.39 is 0 Å². The summed E-state index contributed by atoms with van der Waals surface area (Å²) in [5.74, 6) is 0. The fourth-order valence-electron chi connectivity index (χ4n) is 2.16. The highest BCUT2D eigenvalue weighted by molar-refractivity contribution is 5.81. The number of rotatable bonds is 6. The van der Waals surface area contributed by atoms with E-state index in [-0.39, 0.29) is 6.04 Å². The Bertz CT molecular complexity index is 586. The van der Waals surface area contributed by atoms with Crippen LogP contribution in [0.2, 0.25) is 0 Å². The van der Waals surface area contributed by atoms with Gasteiger partial charge >= 0.3 is 0 Å². The molecule has 1 aromatic carbocycles. The van der Waals surface area contributed by atoms with E-state index in [1.165, 1.54) is 10.6 Å². The summed E-state index contributed by atoms with van der Waals surface area (Å²) in [4.78, 5) is 16.4. The van der Waals surface area contributed by atoms with Crippen molar-refractivity contribution in [3.63, 3.8) is 0 Å². The van der Waals surface area contributed by atoms with Crippen LogP contribution < -0.4 is 0 Å². The van der Waals surface area contributed by atoms with Crippen molar-refractivity contribution in [2.24, 2.45) is 0 Å². The number of furan rings is 1. The van der Waals surface area contributed by atoms with E-state index in [0.29, 0.717) is 6.61 Å². The van der Waals surface area contributed by atoms with Gasteiger partial charge in [0.15, 0.2) is 0 Å². The second kappa shape index (κ2) is 5.05. The Kier molecular flexibility index (Phi) is 3.25. The minimum Gasteiger partial charge on any atom is -0.464 e. The number of hydroxylamine groups is 2. The maximum Gasteiger partial charge on any atom is 0.233 e. The Morgan fingerprint density at radius 2 is 2.32 bits per heavy atom. The molecule has 0 unspecified atom stereocenters. The number of hydrogen-bond acceptors (Lipinski definition) is 3. The lowest BCUT2D eigenvalue weighted by Crippen LogP contribution is -2.24. The molecule has 3 rings (SSSR count). The van der Waals surface area contributed by atoms with Gasteiger partial charge in [0.1, 0.15) is 12.2 Å². The van der Waals surface area contributed by atoms with Gasteiger partial charge in [-0.05, 0) is 37.0 Å². The molecule has 1 aliphatic carbocycles. The molecule has 4 heteroatoms. The van der Waals surface area contributed by atoms with Crippen LogP contribution in [-0.4, -0.2) is 17.5 Å². The van der Waals surface area contributed by atoms with Crippen LogP contribution in [0.15, 0.2) is 28.9 Å². The fourth-order valence-corrected chi connectivity index (χ4v) is 2.16. The Labute approximate surface area is 111 Å². The maximum absolute atomic E-state index is 10.9. The Hall–Kier alpha value is -1.81. The van der Waals surface area contributed by atoms with Crippen LogP contribution >= 0.6 is 0 Å². The number of aryl methyl sites for hydroxylation is 1. The molecule has 0 radical (unpaired) electrons. The van der Waals surface area contributed by atoms with E-state index in [9.17, 15) is 4.79 Å². The van der Waals surface area contributed by atoms with Crippen LogP contribution in [-0.2, 0) is 22.7 Å². The zero-order valence-electron chi connectivity index (χ0n) is 11.0. The van der Waals surface area contributed by atoms with E-state index in [4.69, 9.17) is 9.25 Å². The number of amides is 1. The number of carbonyl (C=O) groups excluding carboxylic acids is 1. The second-order valence-corrected chi connectivity index (χ2v) is 4.91. The van der Waals surface area contributed by atoms with E-state index in [1.54, 1.807) is 6.26 Å². The van der Waals surface area contributed by atoms with E-state index in [0.717, 1.165) is 42.2 Å². The van der Waals surface area contributed by atoms with Crippen LogP contribution in [0.1, 0.15) is 30.9 Å². The van der Waals surface area contributed by atoms with Crippen molar-refractivity contribution < 1.29 is 14.0 Å². The fraction of sp³-hybridized carbons (Fsp3) is 0.400. The van der Waals surface area contributed by atoms with Crippen LogP contribution in [0.25, 0.3) is 11.0 Å². The highest BCUT2D eigenvalue weighted by Gasteiger charge is 2.29. The van der Waals surface area contributed by atoms with E-state index in [2.05, 4.69) is 19.1 Å². The Balaban J connectivity index is 1.78. The molecule has 0 N–H and O–H groups in total. The first-order valence-electron chi connectivity index (χ1n) is 6.67. The zero-order chi connectivity index (χ0) is 13.2. The summed E-state index contributed by atoms with van der Waals surface area (Å²) in [6.07, 6.45) is 5.52. The first-order chi connectivity index (χ1) is 9.31. The molecule has 0 aliphatic heterocycles. The third kappa shape index (κ3) is 2.49. The summed E-state index contributed by atoms with van der Waals surface area (Å²) in [6.45, 7) is 2.49. The van der Waals surface area contributed by atoms with Gasteiger partial charge in [0.05, 0.1) is 12.3 Å². The van der Waals surface area contributed by atoms with Crippen molar-refractivity contribution in [1.82, 2.24) is 5.06 Å². The lowest BCUT2D eigenvalue weighted by atomic mass is 10.1. The zero-order valence-corrected chi connectivity index (χ0v) is 11.0. The Morgan fingerprint density at radius 1 is 1.47 bits per heavy atom. The summed E-state index contributed by atoms with van der Waals surface area (Å²) in [5, 5.41) is 2.49. The van der Waals surface area contributed by atoms with Gasteiger partial charge in [0.2, 0.25) is 6.41 Å². The summed E-state index contributed by atoms with van der Waals surface area (Å²) in [6, 6.07) is 6.44. The van der Waals surface area contributed by atoms with E-state index >= 15 is 0 Å². The third-order valence-corrected chi connectivity index (χ3v) is 3.51. The topological polar surface area (TPSA) is 42.7 Å². The molecule has 0 bridgehead atoms. The van der Waals surface area contributed by atoms with Crippen molar-refractivity contribution in [1.29, 1.82) is 0 Å². The first-order valence-corrected chi connectivity index (χ1v) is 6.67. The van der Waals surface area contributed by atoms with Crippen LogP contribution in [0.3, 0.4) is 0 Å². The molecule has 1 amide bonds. The lowest BCUT2D eigenvalue weighted by molar-refractivity contribution is -0.180. The first kappa shape index (κ1) is 12.2. The standard InChI is InChI=1S/C15H17NO3/c1-2-11-3-6-15-14(7-11)12(8-18-15)9-19-16(10-17)13-4-5-13/h3,6-8,10,13H,2,4-5,9H2,1H3. The average Bonchev–Trinajstić information content (AvgIpc) is 3.20. The number of benzene rings is 1. The molecule has 100 valence electrons. The predicted octanol–water partition coefficient (Wildman–Crippen LogP) is 3.05. The molecule has 1 aliphatic rings. The molecule has 19 heavy (non-hydrogen) atoms. The summed E-state index contributed by atoms with van der Waals surface area (Å²) in [5.41, 5.74) is 3.11. The maximum atomic E-state index is 10.9. The molecule has 1 heterocycles. The van der Waals surface area contributed by atoms with Crippen molar-refractivity contribution in [3.05, 3.63) is 35.6 Å². The van der Waals surface area contributed by atoms with Crippen LogP contribution in [0.4, 0.5) is 0 Å². The minimum absolute atomic E-state index is 0.266. The average molecular weight is 259 g/mol. The van der Waals surface area contributed by atoms with Gasteiger partial charge in [-0.3, -0.25) is 9.63 Å². The lowest BCUT2D eigenvalue weighted by Gasteiger charge is -2.15. The van der Waals surface area contributed by atoms with Gasteiger partial charge in [-0.2, -0.15) is 0 Å². The normalized spacial score (nSPS) is 14.8. The molecule has 0 saturated heterocycles. The summed E-state index contributed by atoms with van der Waals surface area (Å²) < 4.78 is 5.50. The highest BCUT2D eigenvalue weighted by atomic mass is 16.7. The molecule has 0 atom stereocenters. The highest BCUT2D eigenvalue weighted by Crippen LogP contribution is 2.28. The second-order valence-electron chi connectivity index (χ2n) is 4.91. The van der Waals surface area contributed by atoms with Crippen molar-refractivity contribution in [3.8, 4) is 0 Å². The molecular formula is C15H17NO3. The quantitative estimate of drug-likeness (QED) is 0.591. The minimum atomic E-state index is 0.266. The van der Waals surface area contributed by atoms with Crippen molar-refractivity contribution in [2.75, 3.05) is 0 Å². The third-order valence-electron chi connectivity index (χ3n) is 3.51. The number of hydrogen-bond donors (Lipinski definition) is 0. The van der Waals surface area contributed by atoms with Gasteiger partial charge in [0, 0.05) is 10.9 Å². The molecule has 1 aromatic heterocycles. The summed E-state index contributed by atoms with van der Waals surface area (Å²) >= 11 is 0. The van der Waals surface area contributed by atoms with Crippen molar-refractivity contribution in [2.45, 2.75) is 38.8 Å². The Morgan fingerprint density at radius 3 is 3.00 bits per heavy atom. The van der Waals surface area contributed by atoms with Gasteiger partial charge in [-0.25, -0.2) is 5.06 Å². The number of fused-ring (bicyclic) bond motifs is 1. The van der Waals surface area contributed by atoms with E-state index in [1.807, 2.05) is 6.07 Å². The smallest absolute Gasteiger partial charge is 0.233 e. The molecule has 0 spiro atoms. The predicted molar refractivity (Wildman–Crippen MR) is 71.3 cm³/mol. The number of carbonyl (C=O) groups is 1. The van der Waals surface area contributed by atoms with Gasteiger partial charge in [-0.1, -0.05) is 13.0 Å². The molecular weight excluding hydrogens is 242 g/mol. The van der Waals surface area contributed by atoms with Gasteiger partial charge in [0.25, 0.3) is 0 Å². The largest absolute Gasteiger partial charge is 0.464 e. The molecule has 1 saturated carbocycles. The monoisotopic (exact) mass is 259 g/mol. The molecule has 2 aromatic rings. The van der Waals surface area contributed by atoms with Gasteiger partial charge < -0.3 is 4.42 Å². The molecule has 1 fully saturated rings. The SMILES string of the molecule is CCc1ccc2occ(CON(C=O)C3CC3)c2c1. The van der Waals surface area contributed by atoms with Crippen LogP contribution in [0.5, 0.6) is 0 Å².